The molecule has 0 aromatic rings. The van der Waals surface area contributed by atoms with Crippen LogP contribution in [0.4, 0.5) is 0 Å². The zero-order valence-electron chi connectivity index (χ0n) is 10.1. The molecule has 0 aliphatic carbocycles. The highest BCUT2D eigenvalue weighted by molar-refractivity contribution is 4.92. The molecule has 0 aromatic heterocycles. The van der Waals surface area contributed by atoms with Crippen molar-refractivity contribution in [3.63, 3.8) is 0 Å². The van der Waals surface area contributed by atoms with Crippen molar-refractivity contribution in [1.29, 1.82) is 0 Å². The third-order valence-corrected chi connectivity index (χ3v) is 2.36. The Hall–Kier alpha value is -0.340. The average Bonchev–Trinajstić information content (AvgIpc) is 2.12. The van der Waals surface area contributed by atoms with Gasteiger partial charge in [-0.1, -0.05) is 38.8 Å². The lowest BCUT2D eigenvalue weighted by molar-refractivity contribution is 0.284. The summed E-state index contributed by atoms with van der Waals surface area (Å²) in [5.41, 5.74) is 7.26. The fourth-order valence-electron chi connectivity index (χ4n) is 1.58. The molecule has 0 aliphatic heterocycles. The maximum atomic E-state index is 6.04. The van der Waals surface area contributed by atoms with Crippen LogP contribution in [-0.2, 0) is 0 Å². The molecule has 0 spiro atoms. The topological polar surface area (TPSA) is 29.3 Å². The Morgan fingerprint density at radius 3 is 2.50 bits per heavy atom. The summed E-state index contributed by atoms with van der Waals surface area (Å²) in [6.45, 7) is 13.4. The van der Waals surface area contributed by atoms with Gasteiger partial charge in [-0.3, -0.25) is 4.90 Å². The molecule has 0 bridgehead atoms. The quantitative estimate of drug-likeness (QED) is 0.607. The Bertz CT molecular complexity index is 154. The molecule has 0 saturated carbocycles. The average molecular weight is 198 g/mol. The number of likely N-dealkylation sites (N-methyl/N-ethyl adjacent to an activating group) is 1. The Kier molecular flexibility index (Phi) is 7.81. The molecule has 0 saturated heterocycles. The van der Waals surface area contributed by atoms with Crippen molar-refractivity contribution >= 4 is 0 Å². The fourth-order valence-corrected chi connectivity index (χ4v) is 1.58. The maximum Gasteiger partial charge on any atom is 0.0187 e. The Labute approximate surface area is 89.2 Å². The maximum absolute atomic E-state index is 6.04. The van der Waals surface area contributed by atoms with E-state index < -0.39 is 0 Å². The van der Waals surface area contributed by atoms with Crippen LogP contribution in [0.15, 0.2) is 12.2 Å². The largest absolute Gasteiger partial charge is 0.327 e. The number of nitrogens with zero attached hydrogens (tertiary/aromatic N) is 1. The molecule has 14 heavy (non-hydrogen) atoms. The molecule has 2 nitrogen and oxygen atoms in total. The van der Waals surface area contributed by atoms with Crippen LogP contribution in [0.2, 0.25) is 0 Å². The van der Waals surface area contributed by atoms with Gasteiger partial charge in [0.1, 0.15) is 0 Å². The van der Waals surface area contributed by atoms with Crippen molar-refractivity contribution in [3.8, 4) is 0 Å². The smallest absolute Gasteiger partial charge is 0.0187 e. The summed E-state index contributed by atoms with van der Waals surface area (Å²) in [6.07, 6.45) is 3.62. The first kappa shape index (κ1) is 13.7. The van der Waals surface area contributed by atoms with Crippen LogP contribution >= 0.6 is 0 Å². The number of hydrogen-bond acceptors (Lipinski definition) is 2. The lowest BCUT2D eigenvalue weighted by atomic mass is 10.1. The summed E-state index contributed by atoms with van der Waals surface area (Å²) in [6, 6.07) is 0.328. The van der Waals surface area contributed by atoms with Crippen LogP contribution < -0.4 is 5.73 Å². The summed E-state index contributed by atoms with van der Waals surface area (Å²) in [5, 5.41) is 0. The van der Waals surface area contributed by atoms with Crippen molar-refractivity contribution in [3.05, 3.63) is 12.2 Å². The Morgan fingerprint density at radius 1 is 1.43 bits per heavy atom. The molecule has 0 heterocycles. The van der Waals surface area contributed by atoms with Crippen LogP contribution in [0.3, 0.4) is 0 Å². The minimum absolute atomic E-state index is 0.328. The van der Waals surface area contributed by atoms with Gasteiger partial charge in [0.15, 0.2) is 0 Å². The van der Waals surface area contributed by atoms with Gasteiger partial charge in [-0.2, -0.15) is 0 Å². The minimum atomic E-state index is 0.328. The van der Waals surface area contributed by atoms with Gasteiger partial charge in [0.2, 0.25) is 0 Å². The second-order valence-corrected chi connectivity index (χ2v) is 4.19. The van der Waals surface area contributed by atoms with Gasteiger partial charge in [-0.25, -0.2) is 0 Å². The monoisotopic (exact) mass is 198 g/mol. The van der Waals surface area contributed by atoms with Crippen molar-refractivity contribution in [2.24, 2.45) is 5.73 Å². The molecule has 1 unspecified atom stereocenters. The zero-order chi connectivity index (χ0) is 11.0. The Morgan fingerprint density at radius 2 is 2.07 bits per heavy atom. The van der Waals surface area contributed by atoms with E-state index in [9.17, 15) is 0 Å². The van der Waals surface area contributed by atoms with Crippen LogP contribution in [0.1, 0.15) is 40.0 Å². The highest BCUT2D eigenvalue weighted by Gasteiger charge is 2.08. The van der Waals surface area contributed by atoms with Gasteiger partial charge in [-0.15, -0.1) is 0 Å². The first-order chi connectivity index (χ1) is 6.60. The van der Waals surface area contributed by atoms with Gasteiger partial charge >= 0.3 is 0 Å². The standard InChI is InChI=1S/C12H26N2/c1-5-7-8-12(13)10-14(6-2)9-11(3)4/h12H,3,5-10,13H2,1-2,4H3. The summed E-state index contributed by atoms with van der Waals surface area (Å²) in [5.74, 6) is 0. The van der Waals surface area contributed by atoms with Crippen LogP contribution in [0.5, 0.6) is 0 Å². The first-order valence-corrected chi connectivity index (χ1v) is 5.72. The summed E-state index contributed by atoms with van der Waals surface area (Å²) < 4.78 is 0. The highest BCUT2D eigenvalue weighted by Crippen LogP contribution is 2.02. The number of rotatable bonds is 8. The van der Waals surface area contributed by atoms with E-state index in [1.807, 2.05) is 0 Å². The molecule has 0 amide bonds. The van der Waals surface area contributed by atoms with E-state index in [4.69, 9.17) is 5.73 Å². The molecule has 84 valence electrons. The van der Waals surface area contributed by atoms with Crippen molar-refractivity contribution in [2.75, 3.05) is 19.6 Å². The van der Waals surface area contributed by atoms with Crippen LogP contribution in [-0.4, -0.2) is 30.6 Å². The molecule has 2 heteroatoms. The zero-order valence-corrected chi connectivity index (χ0v) is 10.1. The van der Waals surface area contributed by atoms with Gasteiger partial charge in [-0.05, 0) is 19.9 Å². The summed E-state index contributed by atoms with van der Waals surface area (Å²) >= 11 is 0. The minimum Gasteiger partial charge on any atom is -0.327 e. The molecule has 0 radical (unpaired) electrons. The number of unbranched alkanes of at least 4 members (excludes halogenated alkanes) is 1. The third kappa shape index (κ3) is 7.10. The molecule has 1 atom stereocenters. The summed E-state index contributed by atoms with van der Waals surface area (Å²) in [4.78, 5) is 2.36. The lowest BCUT2D eigenvalue weighted by Crippen LogP contribution is -2.38. The predicted molar refractivity (Wildman–Crippen MR) is 64.4 cm³/mol. The van der Waals surface area contributed by atoms with E-state index in [1.54, 1.807) is 0 Å². The molecule has 0 aromatic carbocycles. The summed E-state index contributed by atoms with van der Waals surface area (Å²) in [7, 11) is 0. The van der Waals surface area contributed by atoms with Crippen molar-refractivity contribution in [2.45, 2.75) is 46.1 Å². The lowest BCUT2D eigenvalue weighted by Gasteiger charge is -2.24. The van der Waals surface area contributed by atoms with E-state index in [-0.39, 0.29) is 0 Å². The number of nitrogens with two attached hydrogens (primary N) is 1. The highest BCUT2D eigenvalue weighted by atomic mass is 15.1. The molecule has 0 aliphatic rings. The van der Waals surface area contributed by atoms with Crippen molar-refractivity contribution < 1.29 is 0 Å². The van der Waals surface area contributed by atoms with Crippen LogP contribution in [0.25, 0.3) is 0 Å². The normalized spacial score (nSPS) is 13.2. The Balaban J connectivity index is 3.73. The van der Waals surface area contributed by atoms with E-state index in [0.717, 1.165) is 26.1 Å². The number of hydrogen-bond donors (Lipinski definition) is 1. The molecule has 0 rings (SSSR count). The van der Waals surface area contributed by atoms with E-state index in [0.29, 0.717) is 6.04 Å². The van der Waals surface area contributed by atoms with E-state index >= 15 is 0 Å². The second kappa shape index (κ2) is 8.01. The van der Waals surface area contributed by atoms with Gasteiger partial charge in [0.05, 0.1) is 0 Å². The first-order valence-electron chi connectivity index (χ1n) is 5.72. The third-order valence-electron chi connectivity index (χ3n) is 2.36. The van der Waals surface area contributed by atoms with Gasteiger partial charge < -0.3 is 5.73 Å². The predicted octanol–water partition coefficient (Wildman–Crippen LogP) is 2.40. The van der Waals surface area contributed by atoms with Crippen LogP contribution in [0, 0.1) is 0 Å². The van der Waals surface area contributed by atoms with E-state index in [1.165, 1.54) is 18.4 Å². The van der Waals surface area contributed by atoms with Crippen molar-refractivity contribution in [1.82, 2.24) is 4.90 Å². The van der Waals surface area contributed by atoms with Gasteiger partial charge in [0, 0.05) is 19.1 Å². The van der Waals surface area contributed by atoms with E-state index in [2.05, 4.69) is 32.3 Å². The molecular weight excluding hydrogens is 172 g/mol. The molecular formula is C12H26N2. The fraction of sp³-hybridized carbons (Fsp3) is 0.833. The van der Waals surface area contributed by atoms with Gasteiger partial charge in [0.25, 0.3) is 0 Å². The molecule has 0 fully saturated rings. The second-order valence-electron chi connectivity index (χ2n) is 4.19. The molecule has 2 N–H and O–H groups in total. The SMILES string of the molecule is C=C(C)CN(CC)CC(N)CCCC.